The summed E-state index contributed by atoms with van der Waals surface area (Å²) in [6, 6.07) is 21.5. The van der Waals surface area contributed by atoms with Crippen LogP contribution >= 0.6 is 23.2 Å². The van der Waals surface area contributed by atoms with Crippen LogP contribution < -0.4 is 10.6 Å². The molecule has 1 saturated heterocycles. The van der Waals surface area contributed by atoms with Gasteiger partial charge in [-0.2, -0.15) is 0 Å². The third kappa shape index (κ3) is 8.07. The zero-order chi connectivity index (χ0) is 31.3. The van der Waals surface area contributed by atoms with Gasteiger partial charge in [-0.1, -0.05) is 84.6 Å². The van der Waals surface area contributed by atoms with Gasteiger partial charge in [-0.15, -0.1) is 0 Å². The second kappa shape index (κ2) is 14.4. The lowest BCUT2D eigenvalue weighted by molar-refractivity contribution is -0.153. The molecule has 7 nitrogen and oxygen atoms in total. The van der Waals surface area contributed by atoms with Gasteiger partial charge in [-0.3, -0.25) is 14.4 Å². The number of carbonyl (C=O) groups is 3. The molecule has 0 radical (unpaired) electrons. The van der Waals surface area contributed by atoms with Gasteiger partial charge in [0.1, 0.15) is 12.1 Å². The highest BCUT2D eigenvalue weighted by Gasteiger charge is 2.42. The molecule has 45 heavy (non-hydrogen) atoms. The molecule has 3 aromatic rings. The predicted molar refractivity (Wildman–Crippen MR) is 177 cm³/mol. The SMILES string of the molecule is O=C(NC(Cc1ccc(Cl)cc1)C(=O)N1CCN(CCCc2cccc(Cl)c2)C(=O)C1CC1CC1)C1Cc2ccccc2CN1. The summed E-state index contributed by atoms with van der Waals surface area (Å²) in [6.07, 6.45) is 5.35. The normalized spacial score (nSPS) is 20.4. The molecule has 2 N–H and O–H groups in total. The van der Waals surface area contributed by atoms with Gasteiger partial charge in [0, 0.05) is 42.6 Å². The van der Waals surface area contributed by atoms with Crippen LogP contribution in [0.3, 0.4) is 0 Å². The molecule has 0 bridgehead atoms. The molecule has 0 spiro atoms. The highest BCUT2D eigenvalue weighted by molar-refractivity contribution is 6.30. The van der Waals surface area contributed by atoms with Crippen molar-refractivity contribution in [3.05, 3.63) is 105 Å². The number of piperazine rings is 1. The summed E-state index contributed by atoms with van der Waals surface area (Å²) in [7, 11) is 0. The standard InChI is InChI=1S/C36H40Cl2N4O3/c37-29-14-12-25(13-15-29)20-32(40-34(43)31-22-27-7-1-2-8-28(27)23-39-31)35(44)42-18-17-41(36(45)33(42)21-26-10-11-26)16-4-6-24-5-3-9-30(38)19-24/h1-3,5,7-9,12-15,19,26,31-33,39H,4,6,10-11,16-18,20-23H2,(H,40,43). The molecule has 236 valence electrons. The summed E-state index contributed by atoms with van der Waals surface area (Å²) in [5, 5.41) is 7.75. The Kier molecular flexibility index (Phi) is 10.1. The van der Waals surface area contributed by atoms with Crippen LogP contribution in [0.1, 0.15) is 47.9 Å². The lowest BCUT2D eigenvalue weighted by Crippen LogP contribution is -2.63. The third-order valence-corrected chi connectivity index (χ3v) is 9.76. The lowest BCUT2D eigenvalue weighted by Gasteiger charge is -2.42. The number of nitrogens with one attached hydrogen (secondary N) is 2. The number of rotatable bonds is 11. The van der Waals surface area contributed by atoms with Crippen LogP contribution in [0.4, 0.5) is 0 Å². The minimum Gasteiger partial charge on any atom is -0.343 e. The van der Waals surface area contributed by atoms with E-state index in [0.29, 0.717) is 61.4 Å². The van der Waals surface area contributed by atoms with Crippen molar-refractivity contribution in [2.45, 2.75) is 69.6 Å². The molecular formula is C36H40Cl2N4O3. The summed E-state index contributed by atoms with van der Waals surface area (Å²) < 4.78 is 0. The Morgan fingerprint density at radius 3 is 2.44 bits per heavy atom. The van der Waals surface area contributed by atoms with Gasteiger partial charge in [-0.25, -0.2) is 0 Å². The van der Waals surface area contributed by atoms with Gasteiger partial charge in [0.05, 0.1) is 6.04 Å². The fraction of sp³-hybridized carbons (Fsp3) is 0.417. The van der Waals surface area contributed by atoms with Gasteiger partial charge in [0.2, 0.25) is 17.7 Å². The third-order valence-electron chi connectivity index (χ3n) is 9.27. The van der Waals surface area contributed by atoms with Crippen molar-refractivity contribution in [2.75, 3.05) is 19.6 Å². The molecule has 1 aliphatic carbocycles. The van der Waals surface area contributed by atoms with E-state index in [1.165, 1.54) is 5.56 Å². The monoisotopic (exact) mass is 646 g/mol. The summed E-state index contributed by atoms with van der Waals surface area (Å²) in [5.74, 6) is 0.0554. The van der Waals surface area contributed by atoms with E-state index < -0.39 is 18.1 Å². The van der Waals surface area contributed by atoms with Gasteiger partial charge >= 0.3 is 0 Å². The van der Waals surface area contributed by atoms with E-state index in [2.05, 4.69) is 28.8 Å². The average Bonchev–Trinajstić information content (AvgIpc) is 3.87. The molecule has 3 unspecified atom stereocenters. The van der Waals surface area contributed by atoms with E-state index in [1.807, 2.05) is 47.4 Å². The molecule has 1 saturated carbocycles. The minimum absolute atomic E-state index is 0.00900. The summed E-state index contributed by atoms with van der Waals surface area (Å²) in [5.41, 5.74) is 4.36. The predicted octanol–water partition coefficient (Wildman–Crippen LogP) is 5.21. The fourth-order valence-corrected chi connectivity index (χ4v) is 6.90. The number of benzene rings is 3. The zero-order valence-electron chi connectivity index (χ0n) is 25.4. The van der Waals surface area contributed by atoms with Crippen LogP contribution in [-0.4, -0.2) is 65.3 Å². The number of aryl methyl sites for hydroxylation is 1. The maximum atomic E-state index is 14.4. The molecule has 3 amide bonds. The molecule has 3 atom stereocenters. The van der Waals surface area contributed by atoms with Gasteiger partial charge in [0.25, 0.3) is 0 Å². The first-order valence-corrected chi connectivity index (χ1v) is 16.8. The summed E-state index contributed by atoms with van der Waals surface area (Å²) in [4.78, 5) is 45.6. The number of halogens is 2. The molecule has 0 aromatic heterocycles. The molecule has 2 fully saturated rings. The van der Waals surface area contributed by atoms with Crippen molar-refractivity contribution in [3.63, 3.8) is 0 Å². The van der Waals surface area contributed by atoms with E-state index in [-0.39, 0.29) is 17.7 Å². The number of hydrogen-bond donors (Lipinski definition) is 2. The molecule has 2 heterocycles. The molecule has 2 aliphatic heterocycles. The van der Waals surface area contributed by atoms with Gasteiger partial charge < -0.3 is 20.4 Å². The van der Waals surface area contributed by atoms with Gasteiger partial charge in [-0.05, 0) is 78.1 Å². The average molecular weight is 648 g/mol. The Morgan fingerprint density at radius 2 is 1.69 bits per heavy atom. The first-order chi connectivity index (χ1) is 21.8. The van der Waals surface area contributed by atoms with E-state index in [9.17, 15) is 14.4 Å². The fourth-order valence-electron chi connectivity index (χ4n) is 6.56. The van der Waals surface area contributed by atoms with Crippen molar-refractivity contribution >= 4 is 40.9 Å². The van der Waals surface area contributed by atoms with Crippen molar-refractivity contribution in [2.24, 2.45) is 5.92 Å². The Labute approximate surface area is 275 Å². The largest absolute Gasteiger partial charge is 0.343 e. The highest BCUT2D eigenvalue weighted by atomic mass is 35.5. The van der Waals surface area contributed by atoms with Crippen LogP contribution in [0.5, 0.6) is 0 Å². The minimum atomic E-state index is -0.804. The number of nitrogens with zero attached hydrogens (tertiary/aromatic N) is 2. The number of carbonyl (C=O) groups excluding carboxylic acids is 3. The molecule has 3 aliphatic rings. The first kappa shape index (κ1) is 31.6. The topological polar surface area (TPSA) is 81.8 Å². The molecule has 6 rings (SSSR count). The quantitative estimate of drug-likeness (QED) is 0.300. The Hall–Kier alpha value is -3.39. The van der Waals surface area contributed by atoms with E-state index >= 15 is 0 Å². The summed E-state index contributed by atoms with van der Waals surface area (Å²) in [6.45, 7) is 2.15. The van der Waals surface area contributed by atoms with Crippen LogP contribution in [0.15, 0.2) is 72.8 Å². The van der Waals surface area contributed by atoms with Crippen molar-refractivity contribution in [3.8, 4) is 0 Å². The number of hydrogen-bond acceptors (Lipinski definition) is 4. The lowest BCUT2D eigenvalue weighted by atomic mass is 9.95. The number of fused-ring (bicyclic) bond motifs is 1. The Bertz CT molecular complexity index is 1530. The summed E-state index contributed by atoms with van der Waals surface area (Å²) >= 11 is 12.3. The Morgan fingerprint density at radius 1 is 0.911 bits per heavy atom. The van der Waals surface area contributed by atoms with Crippen LogP contribution in [0.2, 0.25) is 10.0 Å². The van der Waals surface area contributed by atoms with Crippen molar-refractivity contribution in [1.82, 2.24) is 20.4 Å². The molecule has 3 aromatic carbocycles. The van der Waals surface area contributed by atoms with Gasteiger partial charge in [0.15, 0.2) is 0 Å². The van der Waals surface area contributed by atoms with Crippen LogP contribution in [0, 0.1) is 5.92 Å². The smallest absolute Gasteiger partial charge is 0.246 e. The van der Waals surface area contributed by atoms with E-state index in [0.717, 1.165) is 42.4 Å². The zero-order valence-corrected chi connectivity index (χ0v) is 26.9. The highest BCUT2D eigenvalue weighted by Crippen LogP contribution is 2.36. The van der Waals surface area contributed by atoms with Crippen molar-refractivity contribution < 1.29 is 14.4 Å². The van der Waals surface area contributed by atoms with Crippen LogP contribution in [-0.2, 0) is 40.2 Å². The Balaban J connectivity index is 1.16. The van der Waals surface area contributed by atoms with Crippen molar-refractivity contribution in [1.29, 1.82) is 0 Å². The van der Waals surface area contributed by atoms with E-state index in [1.54, 1.807) is 17.0 Å². The second-order valence-electron chi connectivity index (χ2n) is 12.6. The number of amides is 3. The van der Waals surface area contributed by atoms with E-state index in [4.69, 9.17) is 23.2 Å². The molecular weight excluding hydrogens is 607 g/mol. The maximum Gasteiger partial charge on any atom is 0.246 e. The van der Waals surface area contributed by atoms with Crippen LogP contribution in [0.25, 0.3) is 0 Å². The maximum absolute atomic E-state index is 14.4. The second-order valence-corrected chi connectivity index (χ2v) is 13.5. The first-order valence-electron chi connectivity index (χ1n) is 16.0. The molecule has 9 heteroatoms.